The molecule has 0 rings (SSSR count). The van der Waals surface area contributed by atoms with Crippen LogP contribution in [0.25, 0.3) is 0 Å². The van der Waals surface area contributed by atoms with Gasteiger partial charge < -0.3 is 5.11 Å². The summed E-state index contributed by atoms with van der Waals surface area (Å²) in [6, 6.07) is 0. The molecule has 0 fully saturated rings. The SMILES string of the molecule is CC(C)(C)C(CO)CCS(C)(=O)=O. The fourth-order valence-corrected chi connectivity index (χ4v) is 1.87. The van der Waals surface area contributed by atoms with E-state index in [0.717, 1.165) is 0 Å². The lowest BCUT2D eigenvalue weighted by molar-refractivity contribution is 0.128. The lowest BCUT2D eigenvalue weighted by Gasteiger charge is -2.28. The molecular formula is C9H20O3S. The maximum atomic E-state index is 10.9. The predicted molar refractivity (Wildman–Crippen MR) is 54.4 cm³/mol. The van der Waals surface area contributed by atoms with Crippen molar-refractivity contribution in [1.82, 2.24) is 0 Å². The van der Waals surface area contributed by atoms with Gasteiger partial charge in [-0.1, -0.05) is 20.8 Å². The molecule has 1 atom stereocenters. The predicted octanol–water partition coefficient (Wildman–Crippen LogP) is 1.08. The van der Waals surface area contributed by atoms with E-state index in [1.165, 1.54) is 6.26 Å². The number of hydrogen-bond donors (Lipinski definition) is 1. The summed E-state index contributed by atoms with van der Waals surface area (Å²) in [5.74, 6) is 0.220. The van der Waals surface area contributed by atoms with Gasteiger partial charge in [-0.3, -0.25) is 0 Å². The number of aliphatic hydroxyl groups excluding tert-OH is 1. The first kappa shape index (κ1) is 12.9. The van der Waals surface area contributed by atoms with Crippen molar-refractivity contribution in [3.8, 4) is 0 Å². The first-order valence-electron chi connectivity index (χ1n) is 4.45. The molecular weight excluding hydrogens is 188 g/mol. The summed E-state index contributed by atoms with van der Waals surface area (Å²) in [7, 11) is -2.90. The standard InChI is InChI=1S/C9H20O3S/c1-9(2,3)8(7-10)5-6-13(4,11)12/h8,10H,5-7H2,1-4H3. The zero-order valence-corrected chi connectivity index (χ0v) is 9.69. The van der Waals surface area contributed by atoms with E-state index >= 15 is 0 Å². The van der Waals surface area contributed by atoms with Gasteiger partial charge in [-0.2, -0.15) is 0 Å². The van der Waals surface area contributed by atoms with Crippen LogP contribution in [0.3, 0.4) is 0 Å². The Kier molecular flexibility index (Phi) is 4.39. The van der Waals surface area contributed by atoms with Crippen LogP contribution in [0.5, 0.6) is 0 Å². The van der Waals surface area contributed by atoms with Crippen LogP contribution >= 0.6 is 0 Å². The van der Waals surface area contributed by atoms with Crippen LogP contribution in [0.15, 0.2) is 0 Å². The van der Waals surface area contributed by atoms with Gasteiger partial charge >= 0.3 is 0 Å². The summed E-state index contributed by atoms with van der Waals surface area (Å²) >= 11 is 0. The Morgan fingerprint density at radius 1 is 1.31 bits per heavy atom. The van der Waals surface area contributed by atoms with Crippen molar-refractivity contribution in [2.45, 2.75) is 27.2 Å². The zero-order valence-electron chi connectivity index (χ0n) is 8.87. The highest BCUT2D eigenvalue weighted by molar-refractivity contribution is 7.90. The van der Waals surface area contributed by atoms with Gasteiger partial charge in [-0.25, -0.2) is 8.42 Å². The van der Waals surface area contributed by atoms with Crippen molar-refractivity contribution >= 4 is 9.84 Å². The van der Waals surface area contributed by atoms with Gasteiger partial charge in [0.15, 0.2) is 0 Å². The topological polar surface area (TPSA) is 54.4 Å². The quantitative estimate of drug-likeness (QED) is 0.752. The number of hydrogen-bond acceptors (Lipinski definition) is 3. The van der Waals surface area contributed by atoms with E-state index in [0.29, 0.717) is 6.42 Å². The van der Waals surface area contributed by atoms with Crippen LogP contribution in [0, 0.1) is 11.3 Å². The van der Waals surface area contributed by atoms with Gasteiger partial charge in [-0.15, -0.1) is 0 Å². The third kappa shape index (κ3) is 6.05. The lowest BCUT2D eigenvalue weighted by Crippen LogP contribution is -2.26. The second kappa shape index (κ2) is 4.42. The van der Waals surface area contributed by atoms with Crippen LogP contribution < -0.4 is 0 Å². The molecule has 80 valence electrons. The van der Waals surface area contributed by atoms with E-state index in [1.807, 2.05) is 20.8 Å². The molecule has 1 N–H and O–H groups in total. The maximum absolute atomic E-state index is 10.9. The normalized spacial score (nSPS) is 15.8. The Morgan fingerprint density at radius 3 is 2.00 bits per heavy atom. The van der Waals surface area contributed by atoms with Crippen LogP contribution in [-0.2, 0) is 9.84 Å². The minimum atomic E-state index is -2.90. The van der Waals surface area contributed by atoms with E-state index in [2.05, 4.69) is 0 Å². The molecule has 0 radical (unpaired) electrons. The highest BCUT2D eigenvalue weighted by Crippen LogP contribution is 2.28. The van der Waals surface area contributed by atoms with Gasteiger partial charge in [0.1, 0.15) is 9.84 Å². The molecule has 0 spiro atoms. The summed E-state index contributed by atoms with van der Waals surface area (Å²) in [5, 5.41) is 9.06. The molecule has 0 saturated carbocycles. The molecule has 0 aromatic rings. The van der Waals surface area contributed by atoms with Crippen molar-refractivity contribution in [2.75, 3.05) is 18.6 Å². The van der Waals surface area contributed by atoms with E-state index in [-0.39, 0.29) is 23.7 Å². The monoisotopic (exact) mass is 208 g/mol. The molecule has 0 amide bonds. The third-order valence-corrected chi connectivity index (χ3v) is 3.26. The third-order valence-electron chi connectivity index (χ3n) is 2.28. The van der Waals surface area contributed by atoms with Crippen LogP contribution in [0.1, 0.15) is 27.2 Å². The first-order valence-corrected chi connectivity index (χ1v) is 6.51. The van der Waals surface area contributed by atoms with Gasteiger partial charge in [0.2, 0.25) is 0 Å². The summed E-state index contributed by atoms with van der Waals surface area (Å²) in [6.45, 7) is 6.08. The minimum Gasteiger partial charge on any atom is -0.396 e. The van der Waals surface area contributed by atoms with Gasteiger partial charge in [0.25, 0.3) is 0 Å². The molecule has 0 aromatic carbocycles. The molecule has 0 aromatic heterocycles. The van der Waals surface area contributed by atoms with Crippen LogP contribution in [-0.4, -0.2) is 32.1 Å². The van der Waals surface area contributed by atoms with E-state index in [4.69, 9.17) is 5.11 Å². The largest absolute Gasteiger partial charge is 0.396 e. The number of rotatable bonds is 4. The van der Waals surface area contributed by atoms with Crippen molar-refractivity contribution in [3.05, 3.63) is 0 Å². The Bertz CT molecular complexity index is 236. The van der Waals surface area contributed by atoms with E-state index in [9.17, 15) is 8.42 Å². The van der Waals surface area contributed by atoms with Gasteiger partial charge in [0.05, 0.1) is 5.75 Å². The molecule has 0 aliphatic rings. The summed E-state index contributed by atoms with van der Waals surface area (Å²) < 4.78 is 21.8. The average molecular weight is 208 g/mol. The summed E-state index contributed by atoms with van der Waals surface area (Å²) in [4.78, 5) is 0. The summed E-state index contributed by atoms with van der Waals surface area (Å²) in [6.07, 6.45) is 1.77. The smallest absolute Gasteiger partial charge is 0.147 e. The fraction of sp³-hybridized carbons (Fsp3) is 1.00. The maximum Gasteiger partial charge on any atom is 0.147 e. The zero-order chi connectivity index (χ0) is 10.7. The molecule has 13 heavy (non-hydrogen) atoms. The van der Waals surface area contributed by atoms with Crippen molar-refractivity contribution in [1.29, 1.82) is 0 Å². The molecule has 0 heterocycles. The molecule has 4 heteroatoms. The molecule has 0 bridgehead atoms. The lowest BCUT2D eigenvalue weighted by atomic mass is 9.80. The van der Waals surface area contributed by atoms with Crippen LogP contribution in [0.4, 0.5) is 0 Å². The highest BCUT2D eigenvalue weighted by Gasteiger charge is 2.24. The molecule has 0 aliphatic carbocycles. The Hall–Kier alpha value is -0.0900. The molecule has 3 nitrogen and oxygen atoms in total. The van der Waals surface area contributed by atoms with Crippen molar-refractivity contribution in [3.63, 3.8) is 0 Å². The Labute approximate surface area is 81.1 Å². The average Bonchev–Trinajstić information content (AvgIpc) is 1.82. The van der Waals surface area contributed by atoms with Crippen LogP contribution in [0.2, 0.25) is 0 Å². The molecule has 1 unspecified atom stereocenters. The molecule has 0 aliphatic heterocycles. The van der Waals surface area contributed by atoms with Crippen molar-refractivity contribution < 1.29 is 13.5 Å². The van der Waals surface area contributed by atoms with Crippen molar-refractivity contribution in [2.24, 2.45) is 11.3 Å². The van der Waals surface area contributed by atoms with E-state index in [1.54, 1.807) is 0 Å². The summed E-state index contributed by atoms with van der Waals surface area (Å²) in [5.41, 5.74) is -0.0283. The second-order valence-electron chi connectivity index (χ2n) is 4.66. The highest BCUT2D eigenvalue weighted by atomic mass is 32.2. The van der Waals surface area contributed by atoms with E-state index < -0.39 is 9.84 Å². The Morgan fingerprint density at radius 2 is 1.77 bits per heavy atom. The van der Waals surface area contributed by atoms with Gasteiger partial charge in [0, 0.05) is 12.9 Å². The number of sulfone groups is 1. The number of aliphatic hydroxyl groups is 1. The first-order chi connectivity index (χ1) is 5.67. The molecule has 0 saturated heterocycles. The Balaban J connectivity index is 4.17. The van der Waals surface area contributed by atoms with Gasteiger partial charge in [-0.05, 0) is 17.8 Å². The fourth-order valence-electron chi connectivity index (χ4n) is 1.15. The second-order valence-corrected chi connectivity index (χ2v) is 6.92. The minimum absolute atomic E-state index is 0.0283.